The lowest BCUT2D eigenvalue weighted by Gasteiger charge is -2.38. The highest BCUT2D eigenvalue weighted by atomic mass is 32.2. The number of β-amino-alcohol motifs (C(OH)–C–C–N with tert-alkyl or cyclic N) is 1. The van der Waals surface area contributed by atoms with Gasteiger partial charge < -0.3 is 10.4 Å². The van der Waals surface area contributed by atoms with Crippen LogP contribution in [0.25, 0.3) is 0 Å². The van der Waals surface area contributed by atoms with Gasteiger partial charge in [0, 0.05) is 36.1 Å². The Labute approximate surface area is 150 Å². The molecule has 1 atom stereocenters. The normalized spacial score (nSPS) is 16.9. The molecule has 24 heavy (non-hydrogen) atoms. The smallest absolute Gasteiger partial charge is 0.251 e. The van der Waals surface area contributed by atoms with E-state index >= 15 is 0 Å². The van der Waals surface area contributed by atoms with E-state index in [1.165, 1.54) is 4.90 Å². The molecule has 0 radical (unpaired) electrons. The minimum absolute atomic E-state index is 0.0197. The largest absolute Gasteiger partial charge is 0.390 e. The van der Waals surface area contributed by atoms with E-state index in [2.05, 4.69) is 43.3 Å². The summed E-state index contributed by atoms with van der Waals surface area (Å²) in [7, 11) is 0. The van der Waals surface area contributed by atoms with Gasteiger partial charge in [0.15, 0.2) is 0 Å². The first kappa shape index (κ1) is 19.3. The van der Waals surface area contributed by atoms with Crippen molar-refractivity contribution in [2.45, 2.75) is 50.7 Å². The maximum Gasteiger partial charge on any atom is 0.251 e. The average Bonchev–Trinajstić information content (AvgIpc) is 2.51. The Morgan fingerprint density at radius 2 is 2.12 bits per heavy atom. The van der Waals surface area contributed by atoms with Gasteiger partial charge in [0.25, 0.3) is 5.91 Å². The van der Waals surface area contributed by atoms with E-state index in [0.29, 0.717) is 19.0 Å². The second kappa shape index (κ2) is 8.88. The molecule has 0 saturated carbocycles. The number of thioether (sulfide) groups is 1. The first-order valence-corrected chi connectivity index (χ1v) is 10.0. The van der Waals surface area contributed by atoms with Gasteiger partial charge in [-0.15, -0.1) is 11.8 Å². The molecule has 0 bridgehead atoms. The molecule has 0 spiro atoms. The van der Waals surface area contributed by atoms with E-state index in [0.717, 1.165) is 30.5 Å². The number of benzene rings is 1. The zero-order valence-electron chi connectivity index (χ0n) is 15.2. The third-order valence-corrected chi connectivity index (χ3v) is 5.17. The van der Waals surface area contributed by atoms with Gasteiger partial charge in [-0.2, -0.15) is 0 Å². The molecule has 2 rings (SSSR count). The molecule has 2 N–H and O–H groups in total. The van der Waals surface area contributed by atoms with Crippen LogP contribution in [0, 0.1) is 5.92 Å². The fourth-order valence-corrected chi connectivity index (χ4v) is 3.69. The quantitative estimate of drug-likeness (QED) is 0.708. The first-order valence-electron chi connectivity index (χ1n) is 8.81. The van der Waals surface area contributed by atoms with E-state index in [1.807, 2.05) is 12.1 Å². The fourth-order valence-electron chi connectivity index (χ4n) is 3.23. The summed E-state index contributed by atoms with van der Waals surface area (Å²) in [5.41, 5.74) is 1.88. The summed E-state index contributed by atoms with van der Waals surface area (Å²) in [6.07, 6.45) is 3.65. The van der Waals surface area contributed by atoms with Crippen LogP contribution >= 0.6 is 11.8 Å². The Bertz CT molecular complexity index is 556. The molecule has 1 aromatic carbocycles. The summed E-state index contributed by atoms with van der Waals surface area (Å²) in [5, 5.41) is 12.7. The molecule has 1 aromatic rings. The molecule has 1 aliphatic heterocycles. The van der Waals surface area contributed by atoms with Gasteiger partial charge in [-0.05, 0) is 48.8 Å². The van der Waals surface area contributed by atoms with E-state index in [9.17, 15) is 9.90 Å². The number of nitrogens with one attached hydrogen (secondary N) is 1. The highest BCUT2D eigenvalue weighted by Crippen LogP contribution is 2.21. The third-order valence-electron chi connectivity index (χ3n) is 4.45. The summed E-state index contributed by atoms with van der Waals surface area (Å²) < 4.78 is 0. The van der Waals surface area contributed by atoms with Crippen LogP contribution in [0.4, 0.5) is 0 Å². The molecule has 1 heterocycles. The van der Waals surface area contributed by atoms with Gasteiger partial charge in [0.1, 0.15) is 0 Å². The molecule has 0 aromatic heterocycles. The zero-order valence-corrected chi connectivity index (χ0v) is 16.0. The van der Waals surface area contributed by atoms with Gasteiger partial charge in [0.2, 0.25) is 0 Å². The minimum Gasteiger partial charge on any atom is -0.390 e. The van der Waals surface area contributed by atoms with Crippen molar-refractivity contribution in [2.75, 3.05) is 25.9 Å². The maximum atomic E-state index is 12.8. The molecule has 5 heteroatoms. The number of aliphatic hydroxyl groups is 1. The van der Waals surface area contributed by atoms with Crippen LogP contribution in [0.2, 0.25) is 0 Å². The van der Waals surface area contributed by atoms with Crippen molar-refractivity contribution in [3.63, 3.8) is 0 Å². The second-order valence-corrected chi connectivity index (χ2v) is 7.93. The molecule has 0 unspecified atom stereocenters. The SMILES string of the molecule is CCc1cc(SC)ccc1C(=O)N[C@@H](CC(C)C)CN1CC(O)C1. The Kier molecular flexibility index (Phi) is 7.14. The summed E-state index contributed by atoms with van der Waals surface area (Å²) in [6.45, 7) is 8.68. The zero-order chi connectivity index (χ0) is 17.7. The van der Waals surface area contributed by atoms with Gasteiger partial charge >= 0.3 is 0 Å². The molecule has 1 aliphatic rings. The summed E-state index contributed by atoms with van der Waals surface area (Å²) >= 11 is 1.70. The number of hydrogen-bond acceptors (Lipinski definition) is 4. The number of aliphatic hydroxyl groups excluding tert-OH is 1. The number of nitrogens with zero attached hydrogens (tertiary/aromatic N) is 1. The molecule has 1 amide bonds. The highest BCUT2D eigenvalue weighted by Gasteiger charge is 2.28. The Balaban J connectivity index is 2.05. The minimum atomic E-state index is -0.203. The standard InChI is InChI=1S/C19H30N2O2S/c1-5-14-9-17(24-4)6-7-18(14)19(23)20-15(8-13(2)3)10-21-11-16(22)12-21/h6-7,9,13,15-16,22H,5,8,10-12H2,1-4H3,(H,20,23)/t15-/m0/s1. The third kappa shape index (κ3) is 5.23. The number of hydrogen-bond donors (Lipinski definition) is 2. The van der Waals surface area contributed by atoms with Crippen molar-refractivity contribution < 1.29 is 9.90 Å². The number of amides is 1. The number of rotatable bonds is 8. The fraction of sp³-hybridized carbons (Fsp3) is 0.632. The van der Waals surface area contributed by atoms with Crippen molar-refractivity contribution in [1.29, 1.82) is 0 Å². The van der Waals surface area contributed by atoms with Crippen LogP contribution < -0.4 is 5.32 Å². The number of aryl methyl sites for hydroxylation is 1. The predicted molar refractivity (Wildman–Crippen MR) is 101 cm³/mol. The van der Waals surface area contributed by atoms with Crippen LogP contribution in [0.15, 0.2) is 23.1 Å². The van der Waals surface area contributed by atoms with Crippen LogP contribution in [0.3, 0.4) is 0 Å². The Hall–Kier alpha value is -1.04. The van der Waals surface area contributed by atoms with Crippen molar-refractivity contribution in [3.05, 3.63) is 29.3 Å². The molecule has 4 nitrogen and oxygen atoms in total. The van der Waals surface area contributed by atoms with Crippen LogP contribution in [-0.4, -0.2) is 53.9 Å². The van der Waals surface area contributed by atoms with Crippen molar-refractivity contribution >= 4 is 17.7 Å². The summed E-state index contributed by atoms with van der Waals surface area (Å²) in [5.74, 6) is 0.539. The van der Waals surface area contributed by atoms with Crippen LogP contribution in [-0.2, 0) is 6.42 Å². The Morgan fingerprint density at radius 3 is 2.67 bits per heavy atom. The van der Waals surface area contributed by atoms with E-state index in [1.54, 1.807) is 11.8 Å². The lowest BCUT2D eigenvalue weighted by molar-refractivity contribution is -0.00369. The monoisotopic (exact) mass is 350 g/mol. The van der Waals surface area contributed by atoms with Gasteiger partial charge in [-0.25, -0.2) is 0 Å². The maximum absolute atomic E-state index is 12.8. The number of carbonyl (C=O) groups is 1. The first-order chi connectivity index (χ1) is 11.4. The molecule has 1 fully saturated rings. The number of carbonyl (C=O) groups excluding carboxylic acids is 1. The summed E-state index contributed by atoms with van der Waals surface area (Å²) in [4.78, 5) is 16.2. The van der Waals surface area contributed by atoms with Crippen molar-refractivity contribution in [1.82, 2.24) is 10.2 Å². The van der Waals surface area contributed by atoms with Gasteiger partial charge in [0.05, 0.1) is 6.10 Å². The van der Waals surface area contributed by atoms with Gasteiger partial charge in [-0.3, -0.25) is 9.69 Å². The second-order valence-electron chi connectivity index (χ2n) is 7.05. The Morgan fingerprint density at radius 1 is 1.42 bits per heavy atom. The van der Waals surface area contributed by atoms with E-state index in [-0.39, 0.29) is 18.1 Å². The van der Waals surface area contributed by atoms with Crippen LogP contribution in [0.1, 0.15) is 43.1 Å². The summed E-state index contributed by atoms with van der Waals surface area (Å²) in [6, 6.07) is 6.19. The average molecular weight is 351 g/mol. The molecule has 1 saturated heterocycles. The molecular weight excluding hydrogens is 320 g/mol. The lowest BCUT2D eigenvalue weighted by Crippen LogP contribution is -2.55. The number of likely N-dealkylation sites (tertiary alicyclic amines) is 1. The molecular formula is C19H30N2O2S. The topological polar surface area (TPSA) is 52.6 Å². The van der Waals surface area contributed by atoms with E-state index < -0.39 is 0 Å². The molecule has 0 aliphatic carbocycles. The van der Waals surface area contributed by atoms with Crippen molar-refractivity contribution in [2.24, 2.45) is 5.92 Å². The van der Waals surface area contributed by atoms with Gasteiger partial charge in [-0.1, -0.05) is 20.8 Å². The highest BCUT2D eigenvalue weighted by molar-refractivity contribution is 7.98. The van der Waals surface area contributed by atoms with Crippen LogP contribution in [0.5, 0.6) is 0 Å². The van der Waals surface area contributed by atoms with E-state index in [4.69, 9.17) is 0 Å². The van der Waals surface area contributed by atoms with Crippen molar-refractivity contribution in [3.8, 4) is 0 Å². The molecule has 134 valence electrons. The predicted octanol–water partition coefficient (Wildman–Crippen LogP) is 2.79. The lowest BCUT2D eigenvalue weighted by atomic mass is 10.00.